The van der Waals surface area contributed by atoms with E-state index in [1.807, 2.05) is 36.4 Å². The molecule has 9 rings (SSSR count). The zero-order valence-electron chi connectivity index (χ0n) is 38.7. The van der Waals surface area contributed by atoms with Gasteiger partial charge in [-0.15, -0.1) is 11.6 Å². The van der Waals surface area contributed by atoms with Crippen molar-refractivity contribution in [1.29, 1.82) is 5.26 Å². The van der Waals surface area contributed by atoms with Crippen molar-refractivity contribution in [3.05, 3.63) is 105 Å². The number of alkyl halides is 1. The number of amides is 5. The Kier molecular flexibility index (Phi) is 14.2. The highest BCUT2D eigenvalue weighted by atomic mass is 35.5. The van der Waals surface area contributed by atoms with Crippen molar-refractivity contribution in [1.82, 2.24) is 30.0 Å². The minimum absolute atomic E-state index is 0.0648. The lowest BCUT2D eigenvalue weighted by Crippen LogP contribution is -2.54. The maximum absolute atomic E-state index is 13.4. The number of halogens is 2. The molecule has 1 unspecified atom stereocenters. The van der Waals surface area contributed by atoms with Gasteiger partial charge in [-0.2, -0.15) is 5.26 Å². The van der Waals surface area contributed by atoms with Gasteiger partial charge >= 0.3 is 0 Å². The first-order valence-electron chi connectivity index (χ1n) is 23.7. The highest BCUT2D eigenvalue weighted by molar-refractivity contribution is 6.32. The Balaban J connectivity index is 0.685. The molecule has 3 aromatic carbocycles. The van der Waals surface area contributed by atoms with Crippen molar-refractivity contribution >= 4 is 64.4 Å². The molecule has 18 heteroatoms. The molecule has 1 atom stereocenters. The third-order valence-corrected chi connectivity index (χ3v) is 14.8. The van der Waals surface area contributed by atoms with Crippen LogP contribution in [0.25, 0.3) is 0 Å². The molecule has 16 nitrogen and oxygen atoms in total. The molecule has 0 saturated carbocycles. The van der Waals surface area contributed by atoms with E-state index in [1.165, 1.54) is 0 Å². The standard InChI is InChI=1S/C51H55Cl2N9O7/c1-51(2,35-23-33(26-54)45(42(53)24-35)68-22-16-52)34-3-6-39(7-4-34)69-30-36-11-17-55-50(56-36)58-46(64)32-12-20-60(21-13-32)37-14-18-59(19-15-37)27-31-28-61(29-31)38-5-8-40-41(25-38)49(67)62(48(40)66)43-9-10-44(63)57-47(43)65/h3-8,11,17,23-25,31-32,37,43H,9-10,12-16,18-22,27-30H2,1-2H3,(H,57,63,65)(H,55,56,58,64). The van der Waals surface area contributed by atoms with Crippen LogP contribution in [0.2, 0.25) is 5.02 Å². The van der Waals surface area contributed by atoms with Gasteiger partial charge in [0.15, 0.2) is 5.75 Å². The Morgan fingerprint density at radius 3 is 2.35 bits per heavy atom. The number of likely N-dealkylation sites (tertiary alicyclic amines) is 2. The summed E-state index contributed by atoms with van der Waals surface area (Å²) in [6, 6.07) is 20.2. The van der Waals surface area contributed by atoms with Crippen LogP contribution in [0.5, 0.6) is 11.5 Å². The Bertz CT molecular complexity index is 2670. The van der Waals surface area contributed by atoms with Crippen LogP contribution in [0.15, 0.2) is 66.9 Å². The number of nitrogens with zero attached hydrogens (tertiary/aromatic N) is 7. The normalized spacial score (nSPS) is 19.8. The largest absolute Gasteiger partial charge is 0.489 e. The maximum atomic E-state index is 13.4. The number of benzene rings is 3. The van der Waals surface area contributed by atoms with Crippen LogP contribution in [0.1, 0.15) is 95.5 Å². The van der Waals surface area contributed by atoms with Crippen LogP contribution in [0, 0.1) is 23.2 Å². The van der Waals surface area contributed by atoms with Crippen LogP contribution in [-0.2, 0) is 26.4 Å². The number of aromatic nitrogens is 2. The van der Waals surface area contributed by atoms with Crippen molar-refractivity contribution in [3.8, 4) is 17.6 Å². The Hall–Kier alpha value is -6.12. The van der Waals surface area contributed by atoms with E-state index in [2.05, 4.69) is 55.2 Å². The van der Waals surface area contributed by atoms with E-state index in [4.69, 9.17) is 32.7 Å². The molecule has 4 saturated heterocycles. The molecule has 5 amide bonds. The van der Waals surface area contributed by atoms with Crippen LogP contribution in [0.3, 0.4) is 0 Å². The summed E-state index contributed by atoms with van der Waals surface area (Å²) < 4.78 is 11.7. The molecule has 360 valence electrons. The molecular formula is C51H55Cl2N9O7. The fourth-order valence-corrected chi connectivity index (χ4v) is 10.6. The van der Waals surface area contributed by atoms with E-state index < -0.39 is 35.1 Å². The van der Waals surface area contributed by atoms with Gasteiger partial charge in [-0.3, -0.25) is 39.5 Å². The molecular weight excluding hydrogens is 922 g/mol. The van der Waals surface area contributed by atoms with Gasteiger partial charge in [-0.05, 0) is 118 Å². The number of rotatable bonds is 15. The number of piperidine rings is 3. The van der Waals surface area contributed by atoms with E-state index in [-0.39, 0.29) is 49.7 Å². The second-order valence-electron chi connectivity index (χ2n) is 19.1. The second kappa shape index (κ2) is 20.5. The number of ether oxygens (including phenoxy) is 2. The monoisotopic (exact) mass is 975 g/mol. The molecule has 4 aromatic rings. The van der Waals surface area contributed by atoms with E-state index >= 15 is 0 Å². The molecule has 6 heterocycles. The number of fused-ring (bicyclic) bond motifs is 1. The van der Waals surface area contributed by atoms with Gasteiger partial charge in [0.2, 0.25) is 23.7 Å². The van der Waals surface area contributed by atoms with Gasteiger partial charge in [0.1, 0.15) is 31.1 Å². The Morgan fingerprint density at radius 1 is 0.899 bits per heavy atom. The minimum atomic E-state index is -0.976. The first-order valence-corrected chi connectivity index (χ1v) is 24.6. The smallest absolute Gasteiger partial charge is 0.262 e. The SMILES string of the molecule is CC(C)(c1ccc(OCc2ccnc(NC(=O)C3CCN(C4CCN(CC5CN(c6ccc7c(c6)C(=O)N(C6CCC(=O)NC6=O)C7=O)C5)CC4)CC3)n2)cc1)c1cc(Cl)c(OCCCl)c(C#N)c1. The molecule has 1 aromatic heterocycles. The molecule has 5 aliphatic rings. The number of imide groups is 2. The lowest BCUT2D eigenvalue weighted by molar-refractivity contribution is -0.136. The molecule has 5 aliphatic heterocycles. The van der Waals surface area contributed by atoms with Gasteiger partial charge in [0.25, 0.3) is 11.8 Å². The highest BCUT2D eigenvalue weighted by Crippen LogP contribution is 2.39. The van der Waals surface area contributed by atoms with E-state index in [9.17, 15) is 29.2 Å². The third-order valence-electron chi connectivity index (χ3n) is 14.4. The van der Waals surface area contributed by atoms with Gasteiger partial charge in [-0.25, -0.2) is 9.97 Å². The first-order chi connectivity index (χ1) is 33.3. The number of hydrogen-bond acceptors (Lipinski definition) is 13. The number of nitriles is 1. The van der Waals surface area contributed by atoms with Gasteiger partial charge < -0.3 is 24.2 Å². The quantitative estimate of drug-likeness (QED) is 0.102. The molecule has 0 spiro atoms. The summed E-state index contributed by atoms with van der Waals surface area (Å²) in [5, 5.41) is 15.3. The van der Waals surface area contributed by atoms with Crippen molar-refractivity contribution in [2.75, 3.05) is 68.5 Å². The summed E-state index contributed by atoms with van der Waals surface area (Å²) >= 11 is 12.3. The fourth-order valence-electron chi connectivity index (χ4n) is 10.3. The van der Waals surface area contributed by atoms with E-state index in [0.29, 0.717) is 50.9 Å². The lowest BCUT2D eigenvalue weighted by atomic mass is 9.77. The maximum Gasteiger partial charge on any atom is 0.262 e. The summed E-state index contributed by atoms with van der Waals surface area (Å²) in [5.41, 5.74) is 3.86. The predicted octanol–water partition coefficient (Wildman–Crippen LogP) is 6.18. The van der Waals surface area contributed by atoms with Crippen molar-refractivity contribution in [2.45, 2.75) is 76.5 Å². The predicted molar refractivity (Wildman–Crippen MR) is 259 cm³/mol. The summed E-state index contributed by atoms with van der Waals surface area (Å²) in [4.78, 5) is 81.1. The number of carbonyl (C=O) groups is 5. The van der Waals surface area contributed by atoms with Crippen LogP contribution < -0.4 is 25.0 Å². The fraction of sp³-hybridized carbons (Fsp3) is 0.451. The van der Waals surface area contributed by atoms with Crippen LogP contribution in [-0.4, -0.2) is 125 Å². The molecule has 4 fully saturated rings. The number of anilines is 2. The van der Waals surface area contributed by atoms with Gasteiger partial charge in [0, 0.05) is 61.2 Å². The highest BCUT2D eigenvalue weighted by Gasteiger charge is 2.45. The summed E-state index contributed by atoms with van der Waals surface area (Å²) in [5.74, 6) is -0.145. The number of hydrogen-bond donors (Lipinski definition) is 2. The third kappa shape index (κ3) is 10.3. The zero-order chi connectivity index (χ0) is 48.4. The molecule has 2 N–H and O–H groups in total. The van der Waals surface area contributed by atoms with Crippen LogP contribution >= 0.6 is 23.2 Å². The number of nitrogens with one attached hydrogen (secondary N) is 2. The van der Waals surface area contributed by atoms with Crippen LogP contribution in [0.4, 0.5) is 11.6 Å². The van der Waals surface area contributed by atoms with Gasteiger partial charge in [0.05, 0.1) is 33.3 Å². The molecule has 0 radical (unpaired) electrons. The Morgan fingerprint density at radius 2 is 1.64 bits per heavy atom. The lowest BCUT2D eigenvalue weighted by Gasteiger charge is -2.46. The van der Waals surface area contributed by atoms with E-state index in [0.717, 1.165) is 93.2 Å². The zero-order valence-corrected chi connectivity index (χ0v) is 40.2. The average molecular weight is 977 g/mol. The second-order valence-corrected chi connectivity index (χ2v) is 19.9. The van der Waals surface area contributed by atoms with Crippen molar-refractivity contribution < 1.29 is 33.4 Å². The average Bonchev–Trinajstić information content (AvgIpc) is 3.59. The van der Waals surface area contributed by atoms with Crippen molar-refractivity contribution in [3.63, 3.8) is 0 Å². The molecule has 0 aliphatic carbocycles. The minimum Gasteiger partial charge on any atom is -0.489 e. The Labute approximate surface area is 411 Å². The number of carbonyl (C=O) groups excluding carboxylic acids is 5. The van der Waals surface area contributed by atoms with Crippen molar-refractivity contribution in [2.24, 2.45) is 11.8 Å². The first kappa shape index (κ1) is 47.9. The molecule has 69 heavy (non-hydrogen) atoms. The summed E-state index contributed by atoms with van der Waals surface area (Å²) in [6.45, 7) is 11.1. The topological polar surface area (TPSA) is 190 Å². The summed E-state index contributed by atoms with van der Waals surface area (Å²) in [6.07, 6.45) is 5.57. The summed E-state index contributed by atoms with van der Waals surface area (Å²) in [7, 11) is 0. The van der Waals surface area contributed by atoms with E-state index in [1.54, 1.807) is 30.5 Å². The molecule has 0 bridgehead atoms. The van der Waals surface area contributed by atoms with Gasteiger partial charge in [-0.1, -0.05) is 37.6 Å².